The van der Waals surface area contributed by atoms with Gasteiger partial charge in [-0.25, -0.2) is 9.78 Å². The topological polar surface area (TPSA) is 77.4 Å². The lowest BCUT2D eigenvalue weighted by Crippen LogP contribution is -2.30. The van der Waals surface area contributed by atoms with Crippen molar-refractivity contribution in [3.05, 3.63) is 36.4 Å². The molecule has 0 radical (unpaired) electrons. The fraction of sp³-hybridized carbons (Fsp3) is 0.286. The minimum absolute atomic E-state index is 0.217. The molecule has 0 unspecified atom stereocenters. The first-order valence-electron chi connectivity index (χ1n) is 6.62. The third kappa shape index (κ3) is 3.25. The molecule has 21 heavy (non-hydrogen) atoms. The average Bonchev–Trinajstić information content (AvgIpc) is 3.07. The molecule has 1 aromatic carbocycles. The average molecular weight is 288 g/mol. The second kappa shape index (κ2) is 5.74. The summed E-state index contributed by atoms with van der Waals surface area (Å²) in [7, 11) is 1.91. The van der Waals surface area contributed by atoms with Gasteiger partial charge in [-0.1, -0.05) is 0 Å². The van der Waals surface area contributed by atoms with Gasteiger partial charge in [0.2, 0.25) is 6.79 Å². The molecular formula is C14H16N4O3. The monoisotopic (exact) mass is 288 g/mol. The highest BCUT2D eigenvalue weighted by Crippen LogP contribution is 2.34. The number of carbonyl (C=O) groups excluding carboxylic acids is 1. The number of nitrogens with zero attached hydrogens (tertiary/aromatic N) is 2. The number of fused-ring (bicyclic) bond motifs is 1. The van der Waals surface area contributed by atoms with E-state index in [0.717, 1.165) is 5.69 Å². The number of imidazole rings is 1. The summed E-state index contributed by atoms with van der Waals surface area (Å²) in [5.74, 6) is 1.33. The number of hydrogen-bond acceptors (Lipinski definition) is 4. The molecule has 2 N–H and O–H groups in total. The number of anilines is 1. The smallest absolute Gasteiger partial charge is 0.319 e. The van der Waals surface area contributed by atoms with Gasteiger partial charge in [0.15, 0.2) is 11.5 Å². The Balaban J connectivity index is 1.48. The zero-order valence-corrected chi connectivity index (χ0v) is 11.6. The van der Waals surface area contributed by atoms with Crippen LogP contribution >= 0.6 is 0 Å². The fourth-order valence-corrected chi connectivity index (χ4v) is 2.05. The standard InChI is InChI=1S/C14H16N4O3/c1-18-7-11(16-8-18)4-5-15-14(19)17-10-2-3-12-13(6-10)21-9-20-12/h2-3,6-8H,4-5,9H2,1H3,(H2,15,17,19). The molecule has 2 aromatic rings. The molecule has 3 rings (SSSR count). The highest BCUT2D eigenvalue weighted by molar-refractivity contribution is 5.89. The van der Waals surface area contributed by atoms with Crippen molar-refractivity contribution in [2.45, 2.75) is 6.42 Å². The van der Waals surface area contributed by atoms with Crippen LogP contribution in [0.25, 0.3) is 0 Å². The number of aromatic nitrogens is 2. The Kier molecular flexibility index (Phi) is 3.63. The number of benzene rings is 1. The fourth-order valence-electron chi connectivity index (χ4n) is 2.05. The summed E-state index contributed by atoms with van der Waals surface area (Å²) in [5, 5.41) is 5.54. The van der Waals surface area contributed by atoms with Crippen molar-refractivity contribution in [2.75, 3.05) is 18.7 Å². The number of aryl methyl sites for hydroxylation is 1. The number of nitrogens with one attached hydrogen (secondary N) is 2. The number of amides is 2. The van der Waals surface area contributed by atoms with E-state index in [1.165, 1.54) is 0 Å². The highest BCUT2D eigenvalue weighted by Gasteiger charge is 2.13. The Bertz CT molecular complexity index is 653. The molecule has 0 atom stereocenters. The molecule has 0 saturated carbocycles. The zero-order chi connectivity index (χ0) is 14.7. The third-order valence-corrected chi connectivity index (χ3v) is 3.06. The van der Waals surface area contributed by atoms with Gasteiger partial charge in [-0.2, -0.15) is 0 Å². The van der Waals surface area contributed by atoms with Gasteiger partial charge in [0.25, 0.3) is 0 Å². The molecule has 0 bridgehead atoms. The van der Waals surface area contributed by atoms with E-state index in [1.807, 2.05) is 17.8 Å². The molecule has 7 heteroatoms. The lowest BCUT2D eigenvalue weighted by molar-refractivity contribution is 0.174. The van der Waals surface area contributed by atoms with Crippen LogP contribution in [0.1, 0.15) is 5.69 Å². The van der Waals surface area contributed by atoms with Crippen molar-refractivity contribution in [1.82, 2.24) is 14.9 Å². The van der Waals surface area contributed by atoms with Crippen LogP contribution in [-0.2, 0) is 13.5 Å². The summed E-state index contributed by atoms with van der Waals surface area (Å²) >= 11 is 0. The Morgan fingerprint density at radius 1 is 1.38 bits per heavy atom. The summed E-state index contributed by atoms with van der Waals surface area (Å²) < 4.78 is 12.3. The van der Waals surface area contributed by atoms with E-state index >= 15 is 0 Å². The molecule has 2 amide bonds. The first-order chi connectivity index (χ1) is 10.2. The lowest BCUT2D eigenvalue weighted by atomic mass is 10.3. The van der Waals surface area contributed by atoms with Crippen molar-refractivity contribution >= 4 is 11.7 Å². The maximum absolute atomic E-state index is 11.8. The molecule has 0 fully saturated rings. The Morgan fingerprint density at radius 2 is 2.24 bits per heavy atom. The van der Waals surface area contributed by atoms with E-state index < -0.39 is 0 Å². The van der Waals surface area contributed by atoms with Crippen molar-refractivity contribution in [2.24, 2.45) is 7.05 Å². The number of hydrogen-bond donors (Lipinski definition) is 2. The van der Waals surface area contributed by atoms with Crippen LogP contribution in [0, 0.1) is 0 Å². The highest BCUT2D eigenvalue weighted by atomic mass is 16.7. The van der Waals surface area contributed by atoms with Crippen LogP contribution in [0.3, 0.4) is 0 Å². The van der Waals surface area contributed by atoms with Gasteiger partial charge in [0.1, 0.15) is 0 Å². The van der Waals surface area contributed by atoms with Crippen LogP contribution in [0.15, 0.2) is 30.7 Å². The first-order valence-corrected chi connectivity index (χ1v) is 6.62. The SMILES string of the molecule is Cn1cnc(CCNC(=O)Nc2ccc3c(c2)OCO3)c1. The Labute approximate surface area is 121 Å². The minimum atomic E-state index is -0.259. The minimum Gasteiger partial charge on any atom is -0.454 e. The van der Waals surface area contributed by atoms with Gasteiger partial charge in [0.05, 0.1) is 12.0 Å². The molecule has 7 nitrogen and oxygen atoms in total. The number of carbonyl (C=O) groups is 1. The summed E-state index contributed by atoms with van der Waals surface area (Å²) in [5.41, 5.74) is 1.61. The molecule has 1 aliphatic rings. The largest absolute Gasteiger partial charge is 0.454 e. The summed E-state index contributed by atoms with van der Waals surface area (Å²) in [6.45, 7) is 0.739. The van der Waals surface area contributed by atoms with Crippen LogP contribution < -0.4 is 20.1 Å². The van der Waals surface area contributed by atoms with E-state index in [2.05, 4.69) is 15.6 Å². The molecule has 110 valence electrons. The first kappa shape index (κ1) is 13.3. The molecular weight excluding hydrogens is 272 g/mol. The summed E-state index contributed by atoms with van der Waals surface area (Å²) in [4.78, 5) is 16.0. The summed E-state index contributed by atoms with van der Waals surface area (Å²) in [6.07, 6.45) is 4.36. The predicted molar refractivity (Wildman–Crippen MR) is 76.5 cm³/mol. The number of urea groups is 1. The van der Waals surface area contributed by atoms with E-state index in [0.29, 0.717) is 30.2 Å². The second-order valence-electron chi connectivity index (χ2n) is 4.73. The van der Waals surface area contributed by atoms with Gasteiger partial charge >= 0.3 is 6.03 Å². The van der Waals surface area contributed by atoms with E-state index in [9.17, 15) is 4.79 Å². The van der Waals surface area contributed by atoms with Crippen molar-refractivity contribution < 1.29 is 14.3 Å². The number of ether oxygens (including phenoxy) is 2. The van der Waals surface area contributed by atoms with Gasteiger partial charge in [-0.05, 0) is 12.1 Å². The van der Waals surface area contributed by atoms with Crippen LogP contribution in [0.2, 0.25) is 0 Å². The van der Waals surface area contributed by atoms with Crippen molar-refractivity contribution in [1.29, 1.82) is 0 Å². The number of rotatable bonds is 4. The molecule has 0 aliphatic carbocycles. The van der Waals surface area contributed by atoms with Gasteiger partial charge < -0.3 is 24.7 Å². The Hall–Kier alpha value is -2.70. The van der Waals surface area contributed by atoms with E-state index in [1.54, 1.807) is 24.5 Å². The Morgan fingerprint density at radius 3 is 3.05 bits per heavy atom. The maximum atomic E-state index is 11.8. The zero-order valence-electron chi connectivity index (χ0n) is 11.6. The van der Waals surface area contributed by atoms with Crippen LogP contribution in [0.5, 0.6) is 11.5 Å². The molecule has 1 aliphatic heterocycles. The van der Waals surface area contributed by atoms with Crippen LogP contribution in [0.4, 0.5) is 10.5 Å². The lowest BCUT2D eigenvalue weighted by Gasteiger charge is -2.07. The van der Waals surface area contributed by atoms with Crippen LogP contribution in [-0.4, -0.2) is 28.9 Å². The second-order valence-corrected chi connectivity index (χ2v) is 4.73. The molecule has 0 spiro atoms. The van der Waals surface area contributed by atoms with Gasteiger partial charge in [-0.3, -0.25) is 0 Å². The van der Waals surface area contributed by atoms with Crippen molar-refractivity contribution in [3.8, 4) is 11.5 Å². The van der Waals surface area contributed by atoms with E-state index in [4.69, 9.17) is 9.47 Å². The van der Waals surface area contributed by atoms with Crippen molar-refractivity contribution in [3.63, 3.8) is 0 Å². The maximum Gasteiger partial charge on any atom is 0.319 e. The molecule has 2 heterocycles. The predicted octanol–water partition coefficient (Wildman–Crippen LogP) is 1.51. The van der Waals surface area contributed by atoms with Gasteiger partial charge in [0, 0.05) is 38.0 Å². The third-order valence-electron chi connectivity index (χ3n) is 3.06. The quantitative estimate of drug-likeness (QED) is 0.894. The van der Waals surface area contributed by atoms with Gasteiger partial charge in [-0.15, -0.1) is 0 Å². The normalized spacial score (nSPS) is 12.2. The molecule has 0 saturated heterocycles. The molecule has 1 aromatic heterocycles. The summed E-state index contributed by atoms with van der Waals surface area (Å²) in [6, 6.07) is 5.02. The van der Waals surface area contributed by atoms with E-state index in [-0.39, 0.29) is 12.8 Å².